The predicted molar refractivity (Wildman–Crippen MR) is 52.6 cm³/mol. The first-order chi connectivity index (χ1) is 7.49. The van der Waals surface area contributed by atoms with Crippen LogP contribution in [0.5, 0.6) is 0 Å². The lowest BCUT2D eigenvalue weighted by atomic mass is 10.1. The van der Waals surface area contributed by atoms with Crippen molar-refractivity contribution in [3.63, 3.8) is 0 Å². The summed E-state index contributed by atoms with van der Waals surface area (Å²) >= 11 is 0. The first-order valence-corrected chi connectivity index (χ1v) is 4.63. The lowest BCUT2D eigenvalue weighted by molar-refractivity contribution is -0.148. The molecule has 86 valence electrons. The molecule has 2 radical (unpaired) electrons. The zero-order valence-electron chi connectivity index (χ0n) is 8.47. The van der Waals surface area contributed by atoms with E-state index in [1.165, 1.54) is 0 Å². The quantitative estimate of drug-likeness (QED) is 0.397. The number of cyclic esters (lactones) is 2. The summed E-state index contributed by atoms with van der Waals surface area (Å²) in [6, 6.07) is -1.70. The van der Waals surface area contributed by atoms with E-state index in [1.807, 2.05) is 0 Å². The highest BCUT2D eigenvalue weighted by Crippen LogP contribution is 2.01. The molecule has 0 aromatic heterocycles. The highest BCUT2D eigenvalue weighted by atomic mass is 16.6. The van der Waals surface area contributed by atoms with Crippen LogP contribution in [0.1, 0.15) is 6.42 Å². The highest BCUT2D eigenvalue weighted by molar-refractivity contribution is 6.57. The molecule has 1 aliphatic rings. The minimum Gasteiger partial charge on any atom is -0.463 e. The maximum Gasteiger partial charge on any atom is 0.323 e. The fraction of sp³-hybridized carbons (Fsp3) is 0.625. The fourth-order valence-electron chi connectivity index (χ4n) is 1.14. The molecule has 7 nitrogen and oxygen atoms in total. The van der Waals surface area contributed by atoms with Gasteiger partial charge in [0.2, 0.25) is 7.85 Å². The summed E-state index contributed by atoms with van der Waals surface area (Å²) in [5.41, 5.74) is 5.37. The standard InChI is InChI=1S/C8H11BN2O5/c9-8(14)11-4-2-15-6(12)1-5(10)7(13)16-3-4/h4-5H,1-3,10H2,(H,11,14). The molecular formula is C8H11BN2O5. The summed E-state index contributed by atoms with van der Waals surface area (Å²) in [5.74, 6) is -2.13. The van der Waals surface area contributed by atoms with Crippen molar-refractivity contribution in [1.82, 2.24) is 5.32 Å². The molecule has 0 aromatic carbocycles. The Morgan fingerprint density at radius 1 is 1.38 bits per heavy atom. The Hall–Kier alpha value is -1.57. The monoisotopic (exact) mass is 226 g/mol. The van der Waals surface area contributed by atoms with Crippen LogP contribution in [-0.2, 0) is 19.1 Å². The SMILES string of the molecule is [B]C(=O)NC1COC(=O)CC(N)C(=O)OC1. The van der Waals surface area contributed by atoms with E-state index in [0.29, 0.717) is 0 Å². The summed E-state index contributed by atoms with van der Waals surface area (Å²) in [4.78, 5) is 32.9. The van der Waals surface area contributed by atoms with Gasteiger partial charge in [-0.1, -0.05) is 0 Å². The van der Waals surface area contributed by atoms with E-state index in [4.69, 9.17) is 23.1 Å². The van der Waals surface area contributed by atoms with Gasteiger partial charge in [0, 0.05) is 0 Å². The number of amides is 1. The first kappa shape index (κ1) is 12.5. The molecule has 1 fully saturated rings. The van der Waals surface area contributed by atoms with Crippen LogP contribution in [0.2, 0.25) is 0 Å². The van der Waals surface area contributed by atoms with Crippen molar-refractivity contribution in [3.05, 3.63) is 0 Å². The number of carbonyl (C=O) groups excluding carboxylic acids is 3. The molecule has 2 atom stereocenters. The molecule has 2 unspecified atom stereocenters. The van der Waals surface area contributed by atoms with E-state index < -0.39 is 29.8 Å². The van der Waals surface area contributed by atoms with Crippen molar-refractivity contribution >= 4 is 25.6 Å². The van der Waals surface area contributed by atoms with Crippen LogP contribution in [-0.4, -0.2) is 50.9 Å². The molecule has 0 spiro atoms. The molecular weight excluding hydrogens is 215 g/mol. The summed E-state index contributed by atoms with van der Waals surface area (Å²) in [5, 5.41) is 2.28. The Morgan fingerprint density at radius 3 is 2.62 bits per heavy atom. The van der Waals surface area contributed by atoms with E-state index in [1.54, 1.807) is 0 Å². The molecule has 1 rings (SSSR count). The van der Waals surface area contributed by atoms with Gasteiger partial charge < -0.3 is 20.5 Å². The van der Waals surface area contributed by atoms with Crippen LogP contribution >= 0.6 is 0 Å². The van der Waals surface area contributed by atoms with Gasteiger partial charge in [0.25, 0.3) is 0 Å². The second-order valence-electron chi connectivity index (χ2n) is 3.33. The van der Waals surface area contributed by atoms with E-state index in [2.05, 4.69) is 5.32 Å². The van der Waals surface area contributed by atoms with Crippen molar-refractivity contribution in [2.24, 2.45) is 5.73 Å². The Kier molecular flexibility index (Phi) is 4.30. The van der Waals surface area contributed by atoms with Crippen LogP contribution in [0.15, 0.2) is 0 Å². The third-order valence-corrected chi connectivity index (χ3v) is 1.91. The van der Waals surface area contributed by atoms with Gasteiger partial charge >= 0.3 is 11.9 Å². The smallest absolute Gasteiger partial charge is 0.323 e. The maximum absolute atomic E-state index is 11.2. The third kappa shape index (κ3) is 3.89. The van der Waals surface area contributed by atoms with Crippen molar-refractivity contribution in [1.29, 1.82) is 0 Å². The molecule has 1 aliphatic heterocycles. The number of nitrogens with two attached hydrogens (primary N) is 1. The lowest BCUT2D eigenvalue weighted by Gasteiger charge is -2.16. The van der Waals surface area contributed by atoms with Crippen molar-refractivity contribution < 1.29 is 23.9 Å². The number of ether oxygens (including phenoxy) is 2. The van der Waals surface area contributed by atoms with Gasteiger partial charge in [0.05, 0.1) is 12.5 Å². The topological polar surface area (TPSA) is 108 Å². The average Bonchev–Trinajstić information content (AvgIpc) is 2.24. The van der Waals surface area contributed by atoms with Gasteiger partial charge in [-0.2, -0.15) is 0 Å². The molecule has 1 heterocycles. The summed E-state index contributed by atoms with van der Waals surface area (Å²) < 4.78 is 9.54. The molecule has 0 bridgehead atoms. The van der Waals surface area contributed by atoms with Gasteiger partial charge in [-0.15, -0.1) is 0 Å². The summed E-state index contributed by atoms with van der Waals surface area (Å²) in [6.45, 7) is -0.246. The van der Waals surface area contributed by atoms with Gasteiger partial charge in [-0.05, 0) is 0 Å². The van der Waals surface area contributed by atoms with Crippen LogP contribution < -0.4 is 11.1 Å². The minimum absolute atomic E-state index is 0.109. The maximum atomic E-state index is 11.2. The largest absolute Gasteiger partial charge is 0.463 e. The number of nitrogens with one attached hydrogen (secondary N) is 1. The third-order valence-electron chi connectivity index (χ3n) is 1.91. The lowest BCUT2D eigenvalue weighted by Crippen LogP contribution is -2.42. The fourth-order valence-corrected chi connectivity index (χ4v) is 1.14. The minimum atomic E-state index is -1.04. The number of rotatable bonds is 1. The molecule has 0 aliphatic carbocycles. The zero-order chi connectivity index (χ0) is 12.1. The Balaban J connectivity index is 2.61. The summed E-state index contributed by atoms with van der Waals surface area (Å²) in [6.07, 6.45) is -0.248. The van der Waals surface area contributed by atoms with Gasteiger partial charge in [0.1, 0.15) is 19.3 Å². The summed E-state index contributed by atoms with van der Waals surface area (Å²) in [7, 11) is 4.89. The molecule has 16 heavy (non-hydrogen) atoms. The number of hydrogen-bond acceptors (Lipinski definition) is 6. The number of esters is 2. The van der Waals surface area contributed by atoms with E-state index in [0.717, 1.165) is 0 Å². The predicted octanol–water partition coefficient (Wildman–Crippen LogP) is -1.95. The molecule has 0 aromatic rings. The van der Waals surface area contributed by atoms with Crippen LogP contribution in [0, 0.1) is 0 Å². The number of hydrogen-bond donors (Lipinski definition) is 2. The Labute approximate surface area is 93.0 Å². The zero-order valence-corrected chi connectivity index (χ0v) is 8.47. The Bertz CT molecular complexity index is 309. The average molecular weight is 226 g/mol. The van der Waals surface area contributed by atoms with E-state index in [9.17, 15) is 14.4 Å². The van der Waals surface area contributed by atoms with Gasteiger partial charge in [-0.3, -0.25) is 14.4 Å². The van der Waals surface area contributed by atoms with Gasteiger partial charge in [0.15, 0.2) is 5.81 Å². The van der Waals surface area contributed by atoms with Crippen LogP contribution in [0.4, 0.5) is 4.79 Å². The van der Waals surface area contributed by atoms with E-state index in [-0.39, 0.29) is 19.6 Å². The van der Waals surface area contributed by atoms with Crippen LogP contribution in [0.25, 0.3) is 0 Å². The normalized spacial score (nSPS) is 26.8. The van der Waals surface area contributed by atoms with Crippen molar-refractivity contribution in [2.45, 2.75) is 18.5 Å². The van der Waals surface area contributed by atoms with Gasteiger partial charge in [-0.25, -0.2) is 0 Å². The Morgan fingerprint density at radius 2 is 2.00 bits per heavy atom. The first-order valence-electron chi connectivity index (χ1n) is 4.63. The van der Waals surface area contributed by atoms with Crippen molar-refractivity contribution in [3.8, 4) is 0 Å². The second kappa shape index (κ2) is 5.50. The molecule has 1 amide bonds. The number of carbonyl (C=O) groups is 3. The molecule has 8 heteroatoms. The highest BCUT2D eigenvalue weighted by Gasteiger charge is 2.25. The second-order valence-corrected chi connectivity index (χ2v) is 3.33. The van der Waals surface area contributed by atoms with E-state index >= 15 is 0 Å². The molecule has 0 saturated carbocycles. The molecule has 1 saturated heterocycles. The van der Waals surface area contributed by atoms with Crippen LogP contribution in [0.3, 0.4) is 0 Å². The van der Waals surface area contributed by atoms with Crippen molar-refractivity contribution in [2.75, 3.05) is 13.2 Å². The molecule has 3 N–H and O–H groups in total.